The van der Waals surface area contributed by atoms with Crippen LogP contribution in [0.15, 0.2) is 0 Å². The van der Waals surface area contributed by atoms with Crippen LogP contribution in [0, 0.1) is 30.6 Å². The van der Waals surface area contributed by atoms with Gasteiger partial charge in [0.2, 0.25) is 0 Å². The SMILES string of the molecule is C#CCOC(=O)C(CC)C(=O)OCC#C. The van der Waals surface area contributed by atoms with Gasteiger partial charge in [-0.25, -0.2) is 0 Å². The predicted molar refractivity (Wildman–Crippen MR) is 53.4 cm³/mol. The zero-order chi connectivity index (χ0) is 11.7. The summed E-state index contributed by atoms with van der Waals surface area (Å²) < 4.78 is 9.24. The molecule has 0 N–H and O–H groups in total. The van der Waals surface area contributed by atoms with Crippen molar-refractivity contribution >= 4 is 11.9 Å². The van der Waals surface area contributed by atoms with Crippen molar-refractivity contribution in [1.29, 1.82) is 0 Å². The standard InChI is InChI=1S/C11H12O4/c1-4-7-14-10(12)9(6-3)11(13)15-8-5-2/h1-2,9H,6-8H2,3H3. The highest BCUT2D eigenvalue weighted by Crippen LogP contribution is 2.07. The molecule has 0 atom stereocenters. The third-order valence-corrected chi connectivity index (χ3v) is 1.57. The quantitative estimate of drug-likeness (QED) is 0.372. The number of hydrogen-bond acceptors (Lipinski definition) is 4. The van der Waals surface area contributed by atoms with Gasteiger partial charge in [-0.15, -0.1) is 12.8 Å². The van der Waals surface area contributed by atoms with E-state index in [4.69, 9.17) is 12.8 Å². The summed E-state index contributed by atoms with van der Waals surface area (Å²) in [5.74, 6) is 1.95. The van der Waals surface area contributed by atoms with E-state index in [0.717, 1.165) is 0 Å². The fraction of sp³-hybridized carbons (Fsp3) is 0.455. The van der Waals surface area contributed by atoms with Gasteiger partial charge in [0, 0.05) is 0 Å². The van der Waals surface area contributed by atoms with Gasteiger partial charge in [-0.3, -0.25) is 9.59 Å². The Kier molecular flexibility index (Phi) is 6.50. The van der Waals surface area contributed by atoms with E-state index in [1.807, 2.05) is 0 Å². The molecular weight excluding hydrogens is 196 g/mol. The lowest BCUT2D eigenvalue weighted by atomic mass is 10.1. The van der Waals surface area contributed by atoms with Crippen LogP contribution in [0.1, 0.15) is 13.3 Å². The molecule has 0 spiro atoms. The number of terminal acetylenes is 2. The average molecular weight is 208 g/mol. The maximum absolute atomic E-state index is 11.3. The molecule has 0 aromatic heterocycles. The van der Waals surface area contributed by atoms with E-state index in [-0.39, 0.29) is 19.6 Å². The van der Waals surface area contributed by atoms with Crippen LogP contribution in [0.3, 0.4) is 0 Å². The highest BCUT2D eigenvalue weighted by atomic mass is 16.6. The van der Waals surface area contributed by atoms with Crippen molar-refractivity contribution in [2.24, 2.45) is 5.92 Å². The molecule has 0 aromatic carbocycles. The number of carbonyl (C=O) groups is 2. The maximum Gasteiger partial charge on any atom is 0.321 e. The highest BCUT2D eigenvalue weighted by molar-refractivity contribution is 5.94. The molecule has 0 amide bonds. The van der Waals surface area contributed by atoms with E-state index in [1.54, 1.807) is 6.92 Å². The molecular formula is C11H12O4. The fourth-order valence-corrected chi connectivity index (χ4v) is 0.856. The first kappa shape index (κ1) is 13.1. The molecule has 0 saturated carbocycles. The second-order valence-corrected chi connectivity index (χ2v) is 2.58. The van der Waals surface area contributed by atoms with E-state index >= 15 is 0 Å². The largest absolute Gasteiger partial charge is 0.452 e. The molecule has 80 valence electrons. The van der Waals surface area contributed by atoms with Crippen LogP contribution in [-0.4, -0.2) is 25.2 Å². The average Bonchev–Trinajstić information content (AvgIpc) is 2.24. The molecule has 0 aromatic rings. The number of rotatable bonds is 5. The molecule has 4 nitrogen and oxygen atoms in total. The first-order chi connectivity index (χ1) is 7.17. The van der Waals surface area contributed by atoms with Crippen LogP contribution < -0.4 is 0 Å². The van der Waals surface area contributed by atoms with E-state index < -0.39 is 17.9 Å². The van der Waals surface area contributed by atoms with Gasteiger partial charge in [0.15, 0.2) is 19.1 Å². The van der Waals surface area contributed by atoms with Crippen molar-refractivity contribution in [1.82, 2.24) is 0 Å². The molecule has 0 aliphatic rings. The van der Waals surface area contributed by atoms with Crippen LogP contribution in [-0.2, 0) is 19.1 Å². The van der Waals surface area contributed by atoms with Crippen LogP contribution >= 0.6 is 0 Å². The Morgan fingerprint density at radius 1 is 1.13 bits per heavy atom. The Labute approximate surface area is 88.9 Å². The summed E-state index contributed by atoms with van der Waals surface area (Å²) in [6.45, 7) is 1.36. The second kappa shape index (κ2) is 7.46. The normalized spacial score (nSPS) is 8.80. The zero-order valence-corrected chi connectivity index (χ0v) is 8.49. The van der Waals surface area contributed by atoms with Gasteiger partial charge in [0.05, 0.1) is 0 Å². The minimum absolute atomic E-state index is 0.155. The fourth-order valence-electron chi connectivity index (χ4n) is 0.856. The lowest BCUT2D eigenvalue weighted by molar-refractivity contribution is -0.160. The summed E-state index contributed by atoms with van der Waals surface area (Å²) in [4.78, 5) is 22.5. The van der Waals surface area contributed by atoms with Gasteiger partial charge in [-0.1, -0.05) is 18.8 Å². The summed E-state index contributed by atoms with van der Waals surface area (Å²) >= 11 is 0. The van der Waals surface area contributed by atoms with Gasteiger partial charge in [-0.05, 0) is 6.42 Å². The van der Waals surface area contributed by atoms with Gasteiger partial charge in [0.1, 0.15) is 0 Å². The van der Waals surface area contributed by atoms with Crippen LogP contribution in [0.5, 0.6) is 0 Å². The zero-order valence-electron chi connectivity index (χ0n) is 8.49. The maximum atomic E-state index is 11.3. The van der Waals surface area contributed by atoms with Crippen molar-refractivity contribution in [3.8, 4) is 24.7 Å². The number of hydrogen-bond donors (Lipinski definition) is 0. The molecule has 0 unspecified atom stereocenters. The van der Waals surface area contributed by atoms with Gasteiger partial charge >= 0.3 is 11.9 Å². The molecule has 15 heavy (non-hydrogen) atoms. The number of esters is 2. The minimum Gasteiger partial charge on any atom is -0.452 e. The molecule has 0 saturated heterocycles. The van der Waals surface area contributed by atoms with Crippen LogP contribution in [0.25, 0.3) is 0 Å². The molecule has 0 aliphatic heterocycles. The van der Waals surface area contributed by atoms with Gasteiger partial charge in [-0.2, -0.15) is 0 Å². The third kappa shape index (κ3) is 4.73. The summed E-state index contributed by atoms with van der Waals surface area (Å²) in [6, 6.07) is 0. The summed E-state index contributed by atoms with van der Waals surface area (Å²) in [5.41, 5.74) is 0. The Balaban J connectivity index is 4.23. The lowest BCUT2D eigenvalue weighted by Gasteiger charge is -2.11. The monoisotopic (exact) mass is 208 g/mol. The van der Waals surface area contributed by atoms with Crippen LogP contribution in [0.4, 0.5) is 0 Å². The smallest absolute Gasteiger partial charge is 0.321 e. The first-order valence-electron chi connectivity index (χ1n) is 4.37. The number of ether oxygens (including phenoxy) is 2. The third-order valence-electron chi connectivity index (χ3n) is 1.57. The van der Waals surface area contributed by atoms with E-state index in [9.17, 15) is 9.59 Å². The molecule has 0 aliphatic carbocycles. The predicted octanol–water partition coefficient (Wildman–Crippen LogP) is 0.365. The Bertz CT molecular complexity index is 276. The van der Waals surface area contributed by atoms with Gasteiger partial charge in [0.25, 0.3) is 0 Å². The molecule has 0 heterocycles. The van der Waals surface area contributed by atoms with Crippen molar-refractivity contribution in [2.45, 2.75) is 13.3 Å². The molecule has 0 rings (SSSR count). The number of carbonyl (C=O) groups excluding carboxylic acids is 2. The van der Waals surface area contributed by atoms with E-state index in [0.29, 0.717) is 0 Å². The van der Waals surface area contributed by atoms with Gasteiger partial charge < -0.3 is 9.47 Å². The Hall–Kier alpha value is -1.94. The van der Waals surface area contributed by atoms with E-state index in [2.05, 4.69) is 21.3 Å². The Morgan fingerprint density at radius 3 is 1.80 bits per heavy atom. The van der Waals surface area contributed by atoms with Crippen molar-refractivity contribution in [2.75, 3.05) is 13.2 Å². The molecule has 0 fully saturated rings. The Morgan fingerprint density at radius 2 is 1.53 bits per heavy atom. The summed E-state index contributed by atoms with van der Waals surface area (Å²) in [7, 11) is 0. The first-order valence-corrected chi connectivity index (χ1v) is 4.37. The lowest BCUT2D eigenvalue weighted by Crippen LogP contribution is -2.27. The van der Waals surface area contributed by atoms with Crippen molar-refractivity contribution < 1.29 is 19.1 Å². The summed E-state index contributed by atoms with van der Waals surface area (Å²) in [5, 5.41) is 0. The van der Waals surface area contributed by atoms with Crippen molar-refractivity contribution in [3.05, 3.63) is 0 Å². The molecule has 4 heteroatoms. The minimum atomic E-state index is -0.952. The molecule has 0 bridgehead atoms. The van der Waals surface area contributed by atoms with Crippen LogP contribution in [0.2, 0.25) is 0 Å². The van der Waals surface area contributed by atoms with E-state index in [1.165, 1.54) is 0 Å². The summed E-state index contributed by atoms with van der Waals surface area (Å²) in [6.07, 6.45) is 10.1. The van der Waals surface area contributed by atoms with Crippen molar-refractivity contribution in [3.63, 3.8) is 0 Å². The highest BCUT2D eigenvalue weighted by Gasteiger charge is 2.27. The second-order valence-electron chi connectivity index (χ2n) is 2.58. The molecule has 0 radical (unpaired) electrons. The topological polar surface area (TPSA) is 52.6 Å².